The number of aliphatic hydroxyl groups excluding tert-OH is 1. The Morgan fingerprint density at radius 1 is 1.22 bits per heavy atom. The van der Waals surface area contributed by atoms with Crippen LogP contribution in [0, 0.1) is 0 Å². The molecule has 1 aliphatic heterocycles. The van der Waals surface area contributed by atoms with Crippen molar-refractivity contribution < 1.29 is 14.6 Å². The number of aliphatic hydroxyl groups is 1. The molecule has 1 rings (SSSR count). The largest absolute Gasteiger partial charge is 0.390 e. The number of unbranched alkanes of at least 4 members (excludes halogenated alkanes) is 5. The number of amides is 1. The molecule has 0 aromatic heterocycles. The fourth-order valence-electron chi connectivity index (χ4n) is 2.17. The summed E-state index contributed by atoms with van der Waals surface area (Å²) < 4.78 is 5.26. The molecule has 4 heteroatoms. The second-order valence-corrected chi connectivity index (χ2v) is 5.38. The third kappa shape index (κ3) is 4.94. The van der Waals surface area contributed by atoms with Crippen molar-refractivity contribution in [1.82, 2.24) is 4.90 Å². The molecule has 0 spiro atoms. The molecule has 0 radical (unpaired) electrons. The summed E-state index contributed by atoms with van der Waals surface area (Å²) >= 11 is 0. The van der Waals surface area contributed by atoms with Gasteiger partial charge in [-0.1, -0.05) is 45.4 Å². The SMILES string of the molecule is CCCCCCCCC(O)[C@@H]1O[C@@H]1C(=O)N(C)C. The molecular weight excluding hydrogens is 230 g/mol. The third-order valence-electron chi connectivity index (χ3n) is 3.44. The van der Waals surface area contributed by atoms with Gasteiger partial charge in [0.25, 0.3) is 5.91 Å². The molecule has 0 aliphatic carbocycles. The van der Waals surface area contributed by atoms with Gasteiger partial charge in [-0.25, -0.2) is 0 Å². The molecule has 1 unspecified atom stereocenters. The number of ether oxygens (including phenoxy) is 1. The first-order valence-electron chi connectivity index (χ1n) is 7.12. The number of rotatable bonds is 9. The summed E-state index contributed by atoms with van der Waals surface area (Å²) in [5, 5.41) is 9.90. The normalized spacial score (nSPS) is 23.8. The van der Waals surface area contributed by atoms with E-state index in [9.17, 15) is 9.90 Å². The lowest BCUT2D eigenvalue weighted by Crippen LogP contribution is -2.30. The molecule has 0 bridgehead atoms. The predicted molar refractivity (Wildman–Crippen MR) is 71.4 cm³/mol. The number of carbonyl (C=O) groups excluding carboxylic acids is 1. The minimum atomic E-state index is -0.481. The molecule has 3 atom stereocenters. The average Bonchev–Trinajstić information content (AvgIpc) is 3.12. The summed E-state index contributed by atoms with van der Waals surface area (Å²) in [5.74, 6) is -0.0398. The third-order valence-corrected chi connectivity index (χ3v) is 3.44. The monoisotopic (exact) mass is 257 g/mol. The first kappa shape index (κ1) is 15.4. The maximum Gasteiger partial charge on any atom is 0.254 e. The van der Waals surface area contributed by atoms with E-state index in [1.165, 1.54) is 30.6 Å². The van der Waals surface area contributed by atoms with Crippen LogP contribution in [0.25, 0.3) is 0 Å². The maximum absolute atomic E-state index is 11.6. The lowest BCUT2D eigenvalue weighted by Gasteiger charge is -2.09. The van der Waals surface area contributed by atoms with Crippen LogP contribution >= 0.6 is 0 Å². The van der Waals surface area contributed by atoms with Gasteiger partial charge in [-0.2, -0.15) is 0 Å². The quantitative estimate of drug-likeness (QED) is 0.507. The Morgan fingerprint density at radius 3 is 2.44 bits per heavy atom. The maximum atomic E-state index is 11.6. The van der Waals surface area contributed by atoms with E-state index in [2.05, 4.69) is 6.92 Å². The number of epoxide rings is 1. The molecule has 4 nitrogen and oxygen atoms in total. The van der Waals surface area contributed by atoms with Gasteiger partial charge in [-0.05, 0) is 6.42 Å². The minimum Gasteiger partial charge on any atom is -0.390 e. The molecule has 0 saturated carbocycles. The fourth-order valence-corrected chi connectivity index (χ4v) is 2.17. The van der Waals surface area contributed by atoms with Crippen LogP contribution in [0.1, 0.15) is 51.9 Å². The summed E-state index contributed by atoms with van der Waals surface area (Å²) in [6.45, 7) is 2.20. The van der Waals surface area contributed by atoms with E-state index in [1.807, 2.05) is 0 Å². The Kier molecular flexibility index (Phi) is 6.65. The summed E-state index contributed by atoms with van der Waals surface area (Å²) in [7, 11) is 3.42. The molecular formula is C14H27NO3. The van der Waals surface area contributed by atoms with Crippen molar-refractivity contribution in [2.45, 2.75) is 70.2 Å². The molecule has 1 heterocycles. The van der Waals surface area contributed by atoms with E-state index < -0.39 is 12.2 Å². The highest BCUT2D eigenvalue weighted by Crippen LogP contribution is 2.29. The highest BCUT2D eigenvalue weighted by molar-refractivity contribution is 5.83. The summed E-state index contributed by atoms with van der Waals surface area (Å²) in [6, 6.07) is 0. The van der Waals surface area contributed by atoms with Gasteiger partial charge in [-0.15, -0.1) is 0 Å². The zero-order chi connectivity index (χ0) is 13.5. The van der Waals surface area contributed by atoms with E-state index in [1.54, 1.807) is 14.1 Å². The van der Waals surface area contributed by atoms with E-state index in [-0.39, 0.29) is 12.0 Å². The van der Waals surface area contributed by atoms with Crippen molar-refractivity contribution in [2.75, 3.05) is 14.1 Å². The van der Waals surface area contributed by atoms with Gasteiger partial charge in [0.1, 0.15) is 6.10 Å². The Balaban J connectivity index is 2.05. The van der Waals surface area contributed by atoms with Gasteiger partial charge in [0.2, 0.25) is 0 Å². The number of nitrogens with zero attached hydrogens (tertiary/aromatic N) is 1. The molecule has 18 heavy (non-hydrogen) atoms. The summed E-state index contributed by atoms with van der Waals surface area (Å²) in [5.41, 5.74) is 0. The smallest absolute Gasteiger partial charge is 0.254 e. The van der Waals surface area contributed by atoms with Gasteiger partial charge in [0.05, 0.1) is 6.10 Å². The standard InChI is InChI=1S/C14H27NO3/c1-4-5-6-7-8-9-10-11(16)12-13(18-12)14(17)15(2)3/h11-13,16H,4-10H2,1-3H3/t11?,12-,13-/m0/s1. The van der Waals surface area contributed by atoms with Gasteiger partial charge >= 0.3 is 0 Å². The highest BCUT2D eigenvalue weighted by Gasteiger charge is 2.49. The Bertz CT molecular complexity index is 255. The molecule has 1 saturated heterocycles. The first-order valence-corrected chi connectivity index (χ1v) is 7.12. The van der Waals surface area contributed by atoms with Crippen molar-refractivity contribution >= 4 is 5.91 Å². The molecule has 1 fully saturated rings. The minimum absolute atomic E-state index is 0.0398. The van der Waals surface area contributed by atoms with Crippen molar-refractivity contribution in [3.63, 3.8) is 0 Å². The van der Waals surface area contributed by atoms with Gasteiger partial charge in [0.15, 0.2) is 6.10 Å². The lowest BCUT2D eigenvalue weighted by atomic mass is 10.0. The highest BCUT2D eigenvalue weighted by atomic mass is 16.6. The lowest BCUT2D eigenvalue weighted by molar-refractivity contribution is -0.130. The number of carbonyl (C=O) groups is 1. The predicted octanol–water partition coefficient (Wildman–Crippen LogP) is 1.95. The van der Waals surface area contributed by atoms with Crippen LogP contribution in [0.3, 0.4) is 0 Å². The first-order chi connectivity index (χ1) is 8.57. The zero-order valence-corrected chi connectivity index (χ0v) is 11.9. The van der Waals surface area contributed by atoms with E-state index in [0.717, 1.165) is 19.3 Å². The topological polar surface area (TPSA) is 53.1 Å². The molecule has 1 aliphatic rings. The molecule has 0 aromatic carbocycles. The Labute approximate surface area is 110 Å². The second kappa shape index (κ2) is 7.74. The van der Waals surface area contributed by atoms with E-state index >= 15 is 0 Å². The van der Waals surface area contributed by atoms with Crippen LogP contribution < -0.4 is 0 Å². The number of hydrogen-bond donors (Lipinski definition) is 1. The Hall–Kier alpha value is -0.610. The average molecular weight is 257 g/mol. The molecule has 1 amide bonds. The van der Waals surface area contributed by atoms with Crippen LogP contribution in [0.4, 0.5) is 0 Å². The summed E-state index contributed by atoms with van der Waals surface area (Å²) in [4.78, 5) is 13.1. The number of likely N-dealkylation sites (N-methyl/N-ethyl adjacent to an activating group) is 1. The fraction of sp³-hybridized carbons (Fsp3) is 0.929. The molecule has 106 valence electrons. The molecule has 0 aromatic rings. The van der Waals surface area contributed by atoms with E-state index in [0.29, 0.717) is 0 Å². The van der Waals surface area contributed by atoms with Crippen LogP contribution in [-0.4, -0.2) is 48.3 Å². The van der Waals surface area contributed by atoms with Gasteiger partial charge in [0, 0.05) is 14.1 Å². The Morgan fingerprint density at radius 2 is 1.83 bits per heavy atom. The van der Waals surface area contributed by atoms with Crippen LogP contribution in [0.5, 0.6) is 0 Å². The number of hydrogen-bond acceptors (Lipinski definition) is 3. The summed E-state index contributed by atoms with van der Waals surface area (Å²) in [6.07, 6.45) is 6.86. The van der Waals surface area contributed by atoms with Crippen molar-refractivity contribution in [3.8, 4) is 0 Å². The van der Waals surface area contributed by atoms with Crippen molar-refractivity contribution in [3.05, 3.63) is 0 Å². The van der Waals surface area contributed by atoms with Gasteiger partial charge in [-0.3, -0.25) is 4.79 Å². The van der Waals surface area contributed by atoms with E-state index in [4.69, 9.17) is 4.74 Å². The van der Waals surface area contributed by atoms with Crippen LogP contribution in [0.2, 0.25) is 0 Å². The van der Waals surface area contributed by atoms with Crippen molar-refractivity contribution in [2.24, 2.45) is 0 Å². The van der Waals surface area contributed by atoms with Crippen LogP contribution in [-0.2, 0) is 9.53 Å². The second-order valence-electron chi connectivity index (χ2n) is 5.38. The van der Waals surface area contributed by atoms with Gasteiger partial charge < -0.3 is 14.7 Å². The van der Waals surface area contributed by atoms with Crippen molar-refractivity contribution in [1.29, 1.82) is 0 Å². The molecule has 1 N–H and O–H groups in total. The zero-order valence-electron chi connectivity index (χ0n) is 11.9. The van der Waals surface area contributed by atoms with Crippen LogP contribution in [0.15, 0.2) is 0 Å².